The third kappa shape index (κ3) is 2.69. The molecule has 8 heteroatoms. The number of aromatic nitrogens is 3. The molecule has 1 aromatic heterocycles. The highest BCUT2D eigenvalue weighted by Crippen LogP contribution is 2.30. The number of nitrogen functional groups attached to an aromatic ring is 1. The second kappa shape index (κ2) is 5.41. The number of anilines is 1. The number of rotatable bonds is 3. The van der Waals surface area contributed by atoms with Gasteiger partial charge in [-0.05, 0) is 30.0 Å². The first-order chi connectivity index (χ1) is 9.40. The summed E-state index contributed by atoms with van der Waals surface area (Å²) in [5.41, 5.74) is 6.52. The number of carbonyl (C=O) groups excluding carboxylic acids is 1. The monoisotopic (exact) mass is 293 g/mol. The Kier molecular flexibility index (Phi) is 3.84. The zero-order chi connectivity index (χ0) is 14.9. The third-order valence-electron chi connectivity index (χ3n) is 2.68. The molecular formula is C12H15N5O2S. The minimum absolute atomic E-state index is 0.131. The van der Waals surface area contributed by atoms with Crippen LogP contribution in [0.1, 0.15) is 10.4 Å². The Balaban J connectivity index is 2.45. The summed E-state index contributed by atoms with van der Waals surface area (Å²) in [6.45, 7) is 0. The smallest absolute Gasteiger partial charge is 0.343 e. The summed E-state index contributed by atoms with van der Waals surface area (Å²) in [4.78, 5) is 25.6. The number of H-pyrrole nitrogens is 1. The van der Waals surface area contributed by atoms with Crippen molar-refractivity contribution in [2.24, 2.45) is 7.05 Å². The molecule has 0 unspecified atom stereocenters. The lowest BCUT2D eigenvalue weighted by Crippen LogP contribution is -2.22. The number of carbonyl (C=O) groups is 1. The lowest BCUT2D eigenvalue weighted by molar-refractivity contribution is 0.0824. The summed E-state index contributed by atoms with van der Waals surface area (Å²) in [7, 11) is 4.96. The predicted molar refractivity (Wildman–Crippen MR) is 76.8 cm³/mol. The van der Waals surface area contributed by atoms with Gasteiger partial charge < -0.3 is 10.6 Å². The molecule has 2 rings (SSSR count). The summed E-state index contributed by atoms with van der Waals surface area (Å²) < 4.78 is 1.37. The van der Waals surface area contributed by atoms with E-state index in [1.807, 2.05) is 0 Å². The fraction of sp³-hybridized carbons (Fsp3) is 0.250. The summed E-state index contributed by atoms with van der Waals surface area (Å²) in [5.74, 6) is -0.131. The zero-order valence-corrected chi connectivity index (χ0v) is 12.2. The van der Waals surface area contributed by atoms with Crippen molar-refractivity contribution in [1.82, 2.24) is 19.7 Å². The molecule has 2 aromatic rings. The maximum absolute atomic E-state index is 12.1. The fourth-order valence-corrected chi connectivity index (χ4v) is 2.53. The molecule has 0 bridgehead atoms. The molecule has 0 saturated heterocycles. The van der Waals surface area contributed by atoms with Crippen LogP contribution in [-0.2, 0) is 7.05 Å². The van der Waals surface area contributed by atoms with Gasteiger partial charge in [-0.2, -0.15) is 0 Å². The van der Waals surface area contributed by atoms with Crippen LogP contribution in [0.15, 0.2) is 33.0 Å². The quantitative estimate of drug-likeness (QED) is 0.805. The first-order valence-corrected chi connectivity index (χ1v) is 6.62. The molecule has 106 valence electrons. The highest BCUT2D eigenvalue weighted by atomic mass is 32.2. The summed E-state index contributed by atoms with van der Waals surface area (Å²) in [6, 6.07) is 5.04. The highest BCUT2D eigenvalue weighted by molar-refractivity contribution is 7.99. The van der Waals surface area contributed by atoms with Crippen LogP contribution in [-0.4, -0.2) is 39.7 Å². The Hall–Kier alpha value is -2.22. The summed E-state index contributed by atoms with van der Waals surface area (Å²) in [5, 5.41) is 6.73. The van der Waals surface area contributed by atoms with Crippen LogP contribution in [0.3, 0.4) is 0 Å². The molecular weight excluding hydrogens is 278 g/mol. The van der Waals surface area contributed by atoms with Crippen LogP contribution in [0, 0.1) is 0 Å². The van der Waals surface area contributed by atoms with E-state index in [0.717, 1.165) is 0 Å². The standard InChI is InChI=1S/C12H15N5O2S/c1-16(2)10(18)8-5-4-7(13)6-9(8)20-12-15-14-11(19)17(12)3/h4-6H,13H2,1-3H3,(H,14,19). The number of nitrogens with two attached hydrogens (primary N) is 1. The van der Waals surface area contributed by atoms with Gasteiger partial charge in [-0.25, -0.2) is 9.89 Å². The minimum atomic E-state index is -0.308. The van der Waals surface area contributed by atoms with Crippen molar-refractivity contribution >= 4 is 23.4 Å². The molecule has 0 atom stereocenters. The van der Waals surface area contributed by atoms with Crippen LogP contribution in [0.25, 0.3) is 0 Å². The van der Waals surface area contributed by atoms with E-state index in [0.29, 0.717) is 21.3 Å². The van der Waals surface area contributed by atoms with Crippen LogP contribution < -0.4 is 11.4 Å². The number of nitrogens with zero attached hydrogens (tertiary/aromatic N) is 3. The van der Waals surface area contributed by atoms with Gasteiger partial charge in [0.2, 0.25) is 0 Å². The Bertz CT molecular complexity index is 704. The minimum Gasteiger partial charge on any atom is -0.399 e. The van der Waals surface area contributed by atoms with Crippen molar-refractivity contribution in [2.75, 3.05) is 19.8 Å². The van der Waals surface area contributed by atoms with Crippen molar-refractivity contribution in [3.05, 3.63) is 34.2 Å². The Morgan fingerprint density at radius 2 is 2.15 bits per heavy atom. The van der Waals surface area contributed by atoms with E-state index in [1.165, 1.54) is 21.2 Å². The normalized spacial score (nSPS) is 10.6. The van der Waals surface area contributed by atoms with E-state index in [-0.39, 0.29) is 11.6 Å². The van der Waals surface area contributed by atoms with E-state index >= 15 is 0 Å². The van der Waals surface area contributed by atoms with Crippen LogP contribution in [0.5, 0.6) is 0 Å². The molecule has 0 spiro atoms. The van der Waals surface area contributed by atoms with Gasteiger partial charge in [-0.1, -0.05) is 0 Å². The largest absolute Gasteiger partial charge is 0.399 e. The van der Waals surface area contributed by atoms with Gasteiger partial charge in [0.1, 0.15) is 0 Å². The van der Waals surface area contributed by atoms with Gasteiger partial charge >= 0.3 is 5.69 Å². The van der Waals surface area contributed by atoms with E-state index in [9.17, 15) is 9.59 Å². The van der Waals surface area contributed by atoms with E-state index < -0.39 is 0 Å². The molecule has 0 fully saturated rings. The Morgan fingerprint density at radius 1 is 1.45 bits per heavy atom. The van der Waals surface area contributed by atoms with Gasteiger partial charge in [0.25, 0.3) is 5.91 Å². The maximum atomic E-state index is 12.1. The molecule has 0 aliphatic heterocycles. The first kappa shape index (κ1) is 14.2. The molecule has 1 heterocycles. The van der Waals surface area contributed by atoms with Crippen LogP contribution in [0.2, 0.25) is 0 Å². The number of aromatic amines is 1. The van der Waals surface area contributed by atoms with Gasteiger partial charge in [0, 0.05) is 31.7 Å². The number of benzene rings is 1. The van der Waals surface area contributed by atoms with Crippen molar-refractivity contribution < 1.29 is 4.79 Å². The number of hydrogen-bond donors (Lipinski definition) is 2. The molecule has 7 nitrogen and oxygen atoms in total. The topological polar surface area (TPSA) is 97.0 Å². The highest BCUT2D eigenvalue weighted by Gasteiger charge is 2.16. The molecule has 0 radical (unpaired) electrons. The average Bonchev–Trinajstić information content (AvgIpc) is 2.70. The number of hydrogen-bond acceptors (Lipinski definition) is 5. The summed E-state index contributed by atoms with van der Waals surface area (Å²) >= 11 is 1.21. The van der Waals surface area contributed by atoms with Crippen molar-refractivity contribution in [1.29, 1.82) is 0 Å². The second-order valence-electron chi connectivity index (χ2n) is 4.43. The third-order valence-corrected chi connectivity index (χ3v) is 3.79. The lowest BCUT2D eigenvalue weighted by atomic mass is 10.2. The average molecular weight is 293 g/mol. The molecule has 0 aliphatic carbocycles. The van der Waals surface area contributed by atoms with Gasteiger partial charge in [0.15, 0.2) is 5.16 Å². The zero-order valence-electron chi connectivity index (χ0n) is 11.4. The maximum Gasteiger partial charge on any atom is 0.343 e. The molecule has 1 aromatic carbocycles. The van der Waals surface area contributed by atoms with Gasteiger partial charge in [0.05, 0.1) is 5.56 Å². The summed E-state index contributed by atoms with van der Waals surface area (Å²) in [6.07, 6.45) is 0. The molecule has 0 aliphatic rings. The van der Waals surface area contributed by atoms with E-state index in [4.69, 9.17) is 5.73 Å². The van der Waals surface area contributed by atoms with Crippen molar-refractivity contribution in [3.8, 4) is 0 Å². The van der Waals surface area contributed by atoms with Crippen LogP contribution in [0.4, 0.5) is 5.69 Å². The second-order valence-corrected chi connectivity index (χ2v) is 5.44. The lowest BCUT2D eigenvalue weighted by Gasteiger charge is -2.14. The van der Waals surface area contributed by atoms with E-state index in [1.54, 1.807) is 39.3 Å². The first-order valence-electron chi connectivity index (χ1n) is 5.80. The molecule has 20 heavy (non-hydrogen) atoms. The van der Waals surface area contributed by atoms with Gasteiger partial charge in [-0.15, -0.1) is 5.10 Å². The molecule has 0 saturated carbocycles. The molecule has 1 amide bonds. The SMILES string of the molecule is CN(C)C(=O)c1ccc(N)cc1Sc1n[nH]c(=O)n1C. The number of amides is 1. The predicted octanol–water partition coefficient (Wildman–Crippen LogP) is 0.544. The fourth-order valence-electron chi connectivity index (χ4n) is 1.56. The van der Waals surface area contributed by atoms with Gasteiger partial charge in [-0.3, -0.25) is 9.36 Å². The number of nitrogens with one attached hydrogen (secondary N) is 1. The Labute approximate surface area is 119 Å². The van der Waals surface area contributed by atoms with Crippen molar-refractivity contribution in [3.63, 3.8) is 0 Å². The van der Waals surface area contributed by atoms with E-state index in [2.05, 4.69) is 10.2 Å². The Morgan fingerprint density at radius 3 is 2.70 bits per heavy atom. The van der Waals surface area contributed by atoms with Crippen molar-refractivity contribution in [2.45, 2.75) is 10.1 Å². The van der Waals surface area contributed by atoms with Crippen LogP contribution >= 0.6 is 11.8 Å². The molecule has 3 N–H and O–H groups in total.